The molecule has 0 aromatic carbocycles. The third-order valence-electron chi connectivity index (χ3n) is 10.5. The van der Waals surface area contributed by atoms with Crippen molar-refractivity contribution in [2.45, 2.75) is 114 Å². The van der Waals surface area contributed by atoms with Gasteiger partial charge in [0, 0.05) is 25.1 Å². The maximum absolute atomic E-state index is 14.6. The van der Waals surface area contributed by atoms with Gasteiger partial charge in [-0.3, -0.25) is 19.1 Å². The smallest absolute Gasteiger partial charge is 0.408 e. The number of anilines is 2. The minimum atomic E-state index is -3.89. The van der Waals surface area contributed by atoms with Gasteiger partial charge in [-0.15, -0.1) is 6.58 Å². The number of hydrogen-bond donors (Lipinski definition) is 3. The number of rotatable bonds is 11. The second-order valence-electron chi connectivity index (χ2n) is 15.5. The largest absolute Gasteiger partial charge is 0.446 e. The molecule has 280 valence electrons. The van der Waals surface area contributed by atoms with Crippen LogP contribution in [-0.2, 0) is 29.1 Å². The van der Waals surface area contributed by atoms with Gasteiger partial charge in [-0.1, -0.05) is 38.4 Å². The van der Waals surface area contributed by atoms with Crippen molar-refractivity contribution in [1.29, 1.82) is 0 Å². The number of carbonyl (C=O) groups is 4. The molecule has 0 unspecified atom stereocenters. The van der Waals surface area contributed by atoms with Crippen LogP contribution in [-0.4, -0.2) is 102 Å². The predicted molar refractivity (Wildman–Crippen MR) is 190 cm³/mol. The number of amides is 4. The highest BCUT2D eigenvalue weighted by Crippen LogP contribution is 2.45. The number of sulfonamides is 1. The monoisotopic (exact) mass is 748 g/mol. The molecule has 17 heteroatoms. The number of ether oxygens (including phenoxy) is 1. The van der Waals surface area contributed by atoms with E-state index in [2.05, 4.69) is 31.8 Å². The van der Waals surface area contributed by atoms with E-state index in [-0.39, 0.29) is 30.9 Å². The Kier molecular flexibility index (Phi) is 10.5. The maximum Gasteiger partial charge on any atom is 0.408 e. The molecule has 1 aromatic heterocycles. The minimum absolute atomic E-state index is 0.0232. The second-order valence-corrected chi connectivity index (χ2v) is 17.9. The van der Waals surface area contributed by atoms with Crippen LogP contribution in [0.3, 0.4) is 0 Å². The molecule has 0 bridgehead atoms. The molecule has 5 aliphatic rings. The van der Waals surface area contributed by atoms with Gasteiger partial charge >= 0.3 is 6.09 Å². The first-order chi connectivity index (χ1) is 24.1. The molecule has 4 atom stereocenters. The van der Waals surface area contributed by atoms with Crippen molar-refractivity contribution in [3.8, 4) is 0 Å². The Morgan fingerprint density at radius 2 is 1.73 bits per heavy atom. The van der Waals surface area contributed by atoms with Crippen LogP contribution in [0.2, 0.25) is 5.15 Å². The van der Waals surface area contributed by atoms with Gasteiger partial charge in [-0.25, -0.2) is 18.2 Å². The summed E-state index contributed by atoms with van der Waals surface area (Å²) in [6.45, 7) is 10.6. The molecule has 51 heavy (non-hydrogen) atoms. The van der Waals surface area contributed by atoms with Gasteiger partial charge in [0.2, 0.25) is 27.8 Å². The number of piperidine rings is 1. The van der Waals surface area contributed by atoms with Crippen molar-refractivity contribution < 1.29 is 32.3 Å². The molecule has 3 N–H and O–H groups in total. The molecule has 3 saturated carbocycles. The van der Waals surface area contributed by atoms with Crippen LogP contribution < -0.4 is 25.2 Å². The van der Waals surface area contributed by atoms with Gasteiger partial charge in [-0.2, -0.15) is 4.98 Å². The van der Waals surface area contributed by atoms with E-state index in [1.165, 1.54) is 11.0 Å². The van der Waals surface area contributed by atoms with E-state index in [9.17, 15) is 27.6 Å². The lowest BCUT2D eigenvalue weighted by atomic mass is 9.85. The average molecular weight is 749 g/mol. The molecule has 5 fully saturated rings. The Balaban J connectivity index is 1.28. The first kappa shape index (κ1) is 37.1. The van der Waals surface area contributed by atoms with Gasteiger partial charge in [0.1, 0.15) is 34.7 Å². The van der Waals surface area contributed by atoms with Gasteiger partial charge in [-0.05, 0) is 69.6 Å². The zero-order valence-electron chi connectivity index (χ0n) is 29.5. The van der Waals surface area contributed by atoms with E-state index < -0.39 is 68.0 Å². The van der Waals surface area contributed by atoms with Crippen molar-refractivity contribution in [3.05, 3.63) is 23.9 Å². The summed E-state index contributed by atoms with van der Waals surface area (Å²) in [5.74, 6) is -1.69. The summed E-state index contributed by atoms with van der Waals surface area (Å²) in [4.78, 5) is 69.8. The van der Waals surface area contributed by atoms with Crippen LogP contribution in [0.5, 0.6) is 0 Å². The highest BCUT2D eigenvalue weighted by molar-refractivity contribution is 7.91. The average Bonchev–Trinajstić information content (AvgIpc) is 3.95. The fraction of sp³-hybridized carbons (Fsp3) is 0.706. The van der Waals surface area contributed by atoms with E-state index in [4.69, 9.17) is 21.3 Å². The normalized spacial score (nSPS) is 26.0. The van der Waals surface area contributed by atoms with Crippen LogP contribution in [0.4, 0.5) is 16.6 Å². The van der Waals surface area contributed by atoms with E-state index in [0.29, 0.717) is 24.6 Å². The van der Waals surface area contributed by atoms with Crippen molar-refractivity contribution in [1.82, 2.24) is 30.2 Å². The summed E-state index contributed by atoms with van der Waals surface area (Å²) >= 11 is 6.50. The molecule has 4 amide bonds. The first-order valence-corrected chi connectivity index (χ1v) is 19.9. The SMILES string of the molecule is C=C[C@@H]1C[C@]1(NC(=O)[C@@H]1CN(c2cc(Cl)nc(N3CCCCC3)n2)CN1C(=O)[C@@H](NC(=O)OC1CCCC1)C(C)(C)C)C(=O)NS(=O)(=O)C1CC1. The Hall–Kier alpha value is -3.66. The Morgan fingerprint density at radius 1 is 1.04 bits per heavy atom. The predicted octanol–water partition coefficient (Wildman–Crippen LogP) is 2.85. The molecule has 6 rings (SSSR count). The Labute approximate surface area is 304 Å². The molecule has 1 aromatic rings. The number of nitrogens with zero attached hydrogens (tertiary/aromatic N) is 5. The number of aromatic nitrogens is 2. The molecule has 0 spiro atoms. The van der Waals surface area contributed by atoms with Crippen LogP contribution in [0.25, 0.3) is 0 Å². The number of alkyl carbamates (subject to hydrolysis) is 1. The molecule has 0 radical (unpaired) electrons. The van der Waals surface area contributed by atoms with Crippen LogP contribution in [0.1, 0.15) is 85.0 Å². The summed E-state index contributed by atoms with van der Waals surface area (Å²) in [6, 6.07) is -0.664. The van der Waals surface area contributed by atoms with Crippen molar-refractivity contribution in [3.63, 3.8) is 0 Å². The van der Waals surface area contributed by atoms with E-state index >= 15 is 0 Å². The number of halogens is 1. The van der Waals surface area contributed by atoms with Gasteiger partial charge in [0.15, 0.2) is 0 Å². The molecule has 3 aliphatic carbocycles. The minimum Gasteiger partial charge on any atom is -0.446 e. The van der Waals surface area contributed by atoms with E-state index in [0.717, 1.165) is 58.0 Å². The number of carbonyl (C=O) groups excluding carboxylic acids is 4. The fourth-order valence-corrected chi connectivity index (χ4v) is 8.73. The number of nitrogens with one attached hydrogen (secondary N) is 3. The fourth-order valence-electron chi connectivity index (χ4n) is 7.20. The van der Waals surface area contributed by atoms with E-state index in [1.54, 1.807) is 11.0 Å². The van der Waals surface area contributed by atoms with Gasteiger partial charge < -0.3 is 30.1 Å². The highest BCUT2D eigenvalue weighted by Gasteiger charge is 2.62. The van der Waals surface area contributed by atoms with Crippen molar-refractivity contribution >= 4 is 57.2 Å². The van der Waals surface area contributed by atoms with Crippen LogP contribution in [0, 0.1) is 11.3 Å². The lowest BCUT2D eigenvalue weighted by molar-refractivity contribution is -0.142. The quantitative estimate of drug-likeness (QED) is 0.224. The summed E-state index contributed by atoms with van der Waals surface area (Å²) < 4.78 is 33.2. The molecule has 2 aliphatic heterocycles. The maximum atomic E-state index is 14.6. The zero-order chi connectivity index (χ0) is 36.7. The number of hydrogen-bond acceptors (Lipinski definition) is 11. The highest BCUT2D eigenvalue weighted by atomic mass is 35.5. The summed E-state index contributed by atoms with van der Waals surface area (Å²) in [5.41, 5.74) is -2.34. The third kappa shape index (κ3) is 8.21. The lowest BCUT2D eigenvalue weighted by Gasteiger charge is -2.35. The van der Waals surface area contributed by atoms with E-state index in [1.807, 2.05) is 20.8 Å². The zero-order valence-corrected chi connectivity index (χ0v) is 31.1. The summed E-state index contributed by atoms with van der Waals surface area (Å²) in [6.07, 6.45) is 8.20. The van der Waals surface area contributed by atoms with Crippen molar-refractivity contribution in [2.75, 3.05) is 36.1 Å². The molecular formula is C34H49ClN8O7S. The van der Waals surface area contributed by atoms with Crippen molar-refractivity contribution in [2.24, 2.45) is 11.3 Å². The standard InChI is InChI=1S/C34H49ClN8O7S/c1-5-21-18-34(21,30(46)40-51(48,49)23-13-14-23)39-28(44)24-19-42(26-17-25(35)36-31(37-26)41-15-9-6-10-16-41)20-43(24)29(45)27(33(2,3)4)38-32(47)50-22-11-7-8-12-22/h5,17,21-24,27H,1,6-16,18-20H2,2-4H3,(H,38,47)(H,39,44)(H,40,46)/t21-,24+,27-,34-/m1/s1. The summed E-state index contributed by atoms with van der Waals surface area (Å²) in [5, 5.41) is 5.14. The third-order valence-corrected chi connectivity index (χ3v) is 12.5. The first-order valence-electron chi connectivity index (χ1n) is 17.9. The second kappa shape index (κ2) is 14.4. The van der Waals surface area contributed by atoms with Crippen LogP contribution in [0.15, 0.2) is 18.7 Å². The molecule has 2 saturated heterocycles. The van der Waals surface area contributed by atoms with Gasteiger partial charge in [0.25, 0.3) is 5.91 Å². The van der Waals surface area contributed by atoms with Gasteiger partial charge in [0.05, 0.1) is 18.5 Å². The molecule has 3 heterocycles. The molecular weight excluding hydrogens is 700 g/mol. The van der Waals surface area contributed by atoms with Crippen LogP contribution >= 0.6 is 11.6 Å². The Morgan fingerprint density at radius 3 is 2.33 bits per heavy atom. The lowest BCUT2D eigenvalue weighted by Crippen LogP contribution is -2.60. The summed E-state index contributed by atoms with van der Waals surface area (Å²) in [7, 11) is -3.89. The Bertz CT molecular complexity index is 1660. The molecule has 15 nitrogen and oxygen atoms in total. The topological polar surface area (TPSA) is 183 Å².